The Morgan fingerprint density at radius 2 is 1.85 bits per heavy atom. The first-order valence-electron chi connectivity index (χ1n) is 10.5. The average molecular weight is 461 g/mol. The summed E-state index contributed by atoms with van der Waals surface area (Å²) >= 11 is 1.61. The van der Waals surface area contributed by atoms with Crippen LogP contribution in [0.1, 0.15) is 12.1 Å². The fourth-order valence-corrected chi connectivity index (χ4v) is 3.99. The van der Waals surface area contributed by atoms with Crippen molar-refractivity contribution < 1.29 is 9.90 Å². The van der Waals surface area contributed by atoms with E-state index in [-0.39, 0.29) is 5.91 Å². The van der Waals surface area contributed by atoms with E-state index >= 15 is 0 Å². The molecule has 3 aromatic heterocycles. The molecule has 0 bridgehead atoms. The van der Waals surface area contributed by atoms with Crippen LogP contribution in [0.2, 0.25) is 0 Å². The van der Waals surface area contributed by atoms with Crippen LogP contribution in [0.3, 0.4) is 0 Å². The molecule has 8 nitrogen and oxygen atoms in total. The maximum atomic E-state index is 10.6. The maximum Gasteiger partial charge on any atom is 0.251 e. The molecule has 33 heavy (non-hydrogen) atoms. The number of pyridine rings is 1. The number of aliphatic hydroxyl groups is 1. The number of nitrogens with one attached hydrogen (secondary N) is 1. The number of rotatable bonds is 5. The summed E-state index contributed by atoms with van der Waals surface area (Å²) in [5.74, 6) is 0.419. The van der Waals surface area contributed by atoms with E-state index in [0.29, 0.717) is 25.5 Å². The van der Waals surface area contributed by atoms with Crippen molar-refractivity contribution in [2.75, 3.05) is 18.9 Å². The number of carbonyl (C=O) groups is 1. The van der Waals surface area contributed by atoms with Gasteiger partial charge in [0.1, 0.15) is 16.8 Å². The van der Waals surface area contributed by atoms with Crippen molar-refractivity contribution in [2.45, 2.75) is 19.1 Å². The van der Waals surface area contributed by atoms with Crippen molar-refractivity contribution >= 4 is 23.2 Å². The Labute approximate surface area is 196 Å². The molecular formula is C24H24N6O2S. The van der Waals surface area contributed by atoms with Crippen LogP contribution in [-0.2, 0) is 11.3 Å². The molecule has 0 spiro atoms. The van der Waals surface area contributed by atoms with Crippen LogP contribution in [0.15, 0.2) is 72.4 Å². The summed E-state index contributed by atoms with van der Waals surface area (Å²) < 4.78 is 0. The van der Waals surface area contributed by atoms with Gasteiger partial charge in [-0.2, -0.15) is 0 Å². The van der Waals surface area contributed by atoms with E-state index in [1.165, 1.54) is 4.90 Å². The van der Waals surface area contributed by atoms with E-state index < -0.39 is 6.10 Å². The first-order chi connectivity index (χ1) is 16.1. The van der Waals surface area contributed by atoms with Crippen molar-refractivity contribution in [1.29, 1.82) is 0 Å². The summed E-state index contributed by atoms with van der Waals surface area (Å²) in [7, 11) is 1.69. The van der Waals surface area contributed by atoms with E-state index in [1.807, 2.05) is 47.8 Å². The number of hydrogen-bond donors (Lipinski definition) is 2. The van der Waals surface area contributed by atoms with E-state index in [9.17, 15) is 4.79 Å². The normalized spacial score (nSPS) is 15.2. The third kappa shape index (κ3) is 5.97. The van der Waals surface area contributed by atoms with Crippen molar-refractivity contribution in [3.8, 4) is 22.0 Å². The van der Waals surface area contributed by atoms with Gasteiger partial charge >= 0.3 is 0 Å². The van der Waals surface area contributed by atoms with E-state index in [1.54, 1.807) is 30.8 Å². The SMILES string of the molecule is CN1CCC(O)C1=O.c1ccc(-c2nc(-c3ccnc(NCc4ccccn4)n3)cs2)cc1. The highest BCUT2D eigenvalue weighted by molar-refractivity contribution is 7.13. The third-order valence-corrected chi connectivity index (χ3v) is 5.89. The number of benzene rings is 1. The van der Waals surface area contributed by atoms with E-state index in [2.05, 4.69) is 32.4 Å². The number of aromatic nitrogens is 4. The van der Waals surface area contributed by atoms with Crippen molar-refractivity contribution in [1.82, 2.24) is 24.8 Å². The number of likely N-dealkylation sites (tertiary alicyclic amines) is 1. The molecule has 1 fully saturated rings. The largest absolute Gasteiger partial charge is 0.383 e. The van der Waals surface area contributed by atoms with E-state index in [0.717, 1.165) is 27.7 Å². The predicted octanol–water partition coefficient (Wildman–Crippen LogP) is 3.48. The smallest absolute Gasteiger partial charge is 0.251 e. The van der Waals surface area contributed by atoms with Crippen LogP contribution in [0.25, 0.3) is 22.0 Å². The molecule has 9 heteroatoms. The lowest BCUT2D eigenvalue weighted by molar-refractivity contribution is -0.133. The first-order valence-corrected chi connectivity index (χ1v) is 11.4. The second kappa shape index (κ2) is 10.8. The highest BCUT2D eigenvalue weighted by atomic mass is 32.1. The average Bonchev–Trinajstić information content (AvgIpc) is 3.48. The number of likely N-dealkylation sites (N-methyl/N-ethyl adjacent to an activating group) is 1. The highest BCUT2D eigenvalue weighted by Crippen LogP contribution is 2.28. The van der Waals surface area contributed by atoms with Crippen LogP contribution < -0.4 is 5.32 Å². The number of nitrogens with zero attached hydrogens (tertiary/aromatic N) is 5. The fourth-order valence-electron chi connectivity index (χ4n) is 3.17. The number of thiazole rings is 1. The third-order valence-electron chi connectivity index (χ3n) is 5.00. The topological polar surface area (TPSA) is 104 Å². The van der Waals surface area contributed by atoms with Crippen molar-refractivity contribution in [3.05, 3.63) is 78.1 Å². The molecule has 0 aliphatic carbocycles. The minimum Gasteiger partial charge on any atom is -0.383 e. The fraction of sp³-hybridized carbons (Fsp3) is 0.208. The minimum atomic E-state index is -0.722. The van der Waals surface area contributed by atoms with Crippen molar-refractivity contribution in [3.63, 3.8) is 0 Å². The summed E-state index contributed by atoms with van der Waals surface area (Å²) in [5, 5.41) is 15.0. The molecule has 1 aromatic carbocycles. The second-order valence-electron chi connectivity index (χ2n) is 7.41. The predicted molar refractivity (Wildman–Crippen MR) is 128 cm³/mol. The molecule has 168 valence electrons. The van der Waals surface area contributed by atoms with Gasteiger partial charge in [-0.3, -0.25) is 9.78 Å². The molecule has 1 unspecified atom stereocenters. The van der Waals surface area contributed by atoms with Gasteiger partial charge < -0.3 is 15.3 Å². The lowest BCUT2D eigenvalue weighted by Crippen LogP contribution is -2.24. The first kappa shape index (κ1) is 22.5. The molecule has 0 radical (unpaired) electrons. The Hall–Kier alpha value is -3.69. The van der Waals surface area contributed by atoms with Gasteiger partial charge in [-0.05, 0) is 24.6 Å². The van der Waals surface area contributed by atoms with Crippen molar-refractivity contribution in [2.24, 2.45) is 0 Å². The lowest BCUT2D eigenvalue weighted by Gasteiger charge is -2.05. The lowest BCUT2D eigenvalue weighted by atomic mass is 10.2. The number of anilines is 1. The number of aliphatic hydroxyl groups excluding tert-OH is 1. The van der Waals surface area contributed by atoms with Crippen LogP contribution in [-0.4, -0.2) is 55.5 Å². The molecule has 1 aliphatic heterocycles. The molecule has 1 atom stereocenters. The van der Waals surface area contributed by atoms with Gasteiger partial charge in [0.05, 0.1) is 17.9 Å². The van der Waals surface area contributed by atoms with Gasteiger partial charge in [-0.15, -0.1) is 11.3 Å². The molecule has 4 heterocycles. The molecule has 0 saturated carbocycles. The van der Waals surface area contributed by atoms with Gasteiger partial charge in [0, 0.05) is 36.9 Å². The Bertz CT molecular complexity index is 1170. The van der Waals surface area contributed by atoms with Crippen LogP contribution in [0, 0.1) is 0 Å². The standard InChI is InChI=1S/C19H15N5S.C5H9NO2/c1-2-6-14(7-3-1)18-23-17(13-25-18)16-9-11-21-19(24-16)22-12-15-8-4-5-10-20-15;1-6-3-2-4(7)5(6)8/h1-11,13H,12H2,(H,21,22,24);4,7H,2-3H2,1H3. The summed E-state index contributed by atoms with van der Waals surface area (Å²) in [6.07, 6.45) is 3.38. The molecule has 4 aromatic rings. The molecule has 2 N–H and O–H groups in total. The molecule has 5 rings (SSSR count). The molecule has 1 saturated heterocycles. The molecular weight excluding hydrogens is 436 g/mol. The van der Waals surface area contributed by atoms with Crippen LogP contribution >= 0.6 is 11.3 Å². The Kier molecular flexibility index (Phi) is 7.33. The Morgan fingerprint density at radius 3 is 2.52 bits per heavy atom. The molecule has 1 aliphatic rings. The Balaban J connectivity index is 0.000000275. The van der Waals surface area contributed by atoms with Gasteiger partial charge in [-0.1, -0.05) is 36.4 Å². The zero-order chi connectivity index (χ0) is 23.0. The zero-order valence-corrected chi connectivity index (χ0v) is 18.9. The van der Waals surface area contributed by atoms with Crippen LogP contribution in [0.5, 0.6) is 0 Å². The number of carbonyl (C=O) groups excluding carboxylic acids is 1. The van der Waals surface area contributed by atoms with Gasteiger partial charge in [0.2, 0.25) is 5.95 Å². The number of amides is 1. The number of hydrogen-bond acceptors (Lipinski definition) is 8. The Morgan fingerprint density at radius 1 is 1.03 bits per heavy atom. The summed E-state index contributed by atoms with van der Waals surface area (Å²) in [5.41, 5.74) is 3.71. The summed E-state index contributed by atoms with van der Waals surface area (Å²) in [6.45, 7) is 1.27. The van der Waals surface area contributed by atoms with E-state index in [4.69, 9.17) is 10.1 Å². The van der Waals surface area contributed by atoms with Gasteiger partial charge in [0.25, 0.3) is 5.91 Å². The summed E-state index contributed by atoms with van der Waals surface area (Å²) in [4.78, 5) is 29.9. The summed E-state index contributed by atoms with van der Waals surface area (Å²) in [6, 6.07) is 17.8. The van der Waals surface area contributed by atoms with Gasteiger partial charge in [0.15, 0.2) is 0 Å². The quantitative estimate of drug-likeness (QED) is 0.470. The molecule has 1 amide bonds. The maximum absolute atomic E-state index is 10.6. The second-order valence-corrected chi connectivity index (χ2v) is 8.27. The zero-order valence-electron chi connectivity index (χ0n) is 18.1. The van der Waals surface area contributed by atoms with Crippen LogP contribution in [0.4, 0.5) is 5.95 Å². The van der Waals surface area contributed by atoms with Gasteiger partial charge in [-0.25, -0.2) is 15.0 Å². The monoisotopic (exact) mass is 460 g/mol. The highest BCUT2D eigenvalue weighted by Gasteiger charge is 2.26. The minimum absolute atomic E-state index is 0.148.